The number of nitrogens with zero attached hydrogens (tertiary/aromatic N) is 1. The zero-order chi connectivity index (χ0) is 24.1. The number of nitrogens with one attached hydrogen (secondary N) is 1. The number of hydrogen-bond acceptors (Lipinski definition) is 7. The molecule has 2 fully saturated rings. The van der Waals surface area contributed by atoms with Crippen LogP contribution in [0.3, 0.4) is 0 Å². The lowest BCUT2D eigenvalue weighted by atomic mass is 9.75. The van der Waals surface area contributed by atoms with Crippen LogP contribution in [0.2, 0.25) is 0 Å². The van der Waals surface area contributed by atoms with Crippen molar-refractivity contribution in [3.05, 3.63) is 48.0 Å². The van der Waals surface area contributed by atoms with E-state index in [4.69, 9.17) is 4.74 Å². The van der Waals surface area contributed by atoms with E-state index >= 15 is 0 Å². The second kappa shape index (κ2) is 8.08. The maximum atomic E-state index is 13.7. The van der Waals surface area contributed by atoms with Crippen molar-refractivity contribution in [2.75, 3.05) is 12.0 Å². The Morgan fingerprint density at radius 3 is 2.45 bits per heavy atom. The number of phenolic OH excluding ortho intramolecular Hbond substituents is 2. The van der Waals surface area contributed by atoms with Gasteiger partial charge in [0.1, 0.15) is 22.8 Å². The van der Waals surface area contributed by atoms with Gasteiger partial charge in [0.15, 0.2) is 0 Å². The summed E-state index contributed by atoms with van der Waals surface area (Å²) < 4.78 is 5.34. The number of anilines is 1. The summed E-state index contributed by atoms with van der Waals surface area (Å²) in [4.78, 5) is 41.1. The normalized spacial score (nSPS) is 26.7. The van der Waals surface area contributed by atoms with Crippen LogP contribution in [0.15, 0.2) is 42.5 Å². The SMILES string of the molecule is COc1ccccc1N1C(=O)[C@@H]2[C@H](c3ccc(O)cc3O)N[C@](CC(C)C)(C(=O)O)[C@H]2C1=O. The molecule has 4 rings (SSSR count). The number of para-hydroxylation sites is 2. The molecule has 2 heterocycles. The number of benzene rings is 2. The largest absolute Gasteiger partial charge is 0.508 e. The van der Waals surface area contributed by atoms with Crippen molar-refractivity contribution in [3.8, 4) is 17.2 Å². The van der Waals surface area contributed by atoms with Gasteiger partial charge in [0.2, 0.25) is 11.8 Å². The summed E-state index contributed by atoms with van der Waals surface area (Å²) in [6.45, 7) is 3.68. The Morgan fingerprint density at radius 1 is 1.15 bits per heavy atom. The van der Waals surface area contributed by atoms with E-state index in [9.17, 15) is 29.7 Å². The van der Waals surface area contributed by atoms with Crippen molar-refractivity contribution in [3.63, 3.8) is 0 Å². The van der Waals surface area contributed by atoms with E-state index in [2.05, 4.69) is 5.32 Å². The zero-order valence-corrected chi connectivity index (χ0v) is 18.5. The van der Waals surface area contributed by atoms with Crippen molar-refractivity contribution < 1.29 is 34.4 Å². The fourth-order valence-corrected chi connectivity index (χ4v) is 5.23. The highest BCUT2D eigenvalue weighted by Crippen LogP contribution is 2.53. The maximum Gasteiger partial charge on any atom is 0.324 e. The number of aliphatic carboxylic acids is 1. The lowest BCUT2D eigenvalue weighted by Gasteiger charge is -2.32. The van der Waals surface area contributed by atoms with Crippen LogP contribution >= 0.6 is 0 Å². The van der Waals surface area contributed by atoms with Gasteiger partial charge in [-0.3, -0.25) is 19.7 Å². The van der Waals surface area contributed by atoms with E-state index in [0.717, 1.165) is 11.0 Å². The van der Waals surface area contributed by atoms with E-state index in [-0.39, 0.29) is 35.1 Å². The van der Waals surface area contributed by atoms with Gasteiger partial charge in [-0.25, -0.2) is 4.90 Å². The third-order valence-electron chi connectivity index (χ3n) is 6.44. The Morgan fingerprint density at radius 2 is 1.85 bits per heavy atom. The zero-order valence-electron chi connectivity index (χ0n) is 18.5. The molecule has 0 aromatic heterocycles. The first-order valence-electron chi connectivity index (χ1n) is 10.7. The Hall–Kier alpha value is -3.59. The number of carbonyl (C=O) groups is 3. The van der Waals surface area contributed by atoms with Crippen molar-refractivity contribution >= 4 is 23.5 Å². The summed E-state index contributed by atoms with van der Waals surface area (Å²) in [5.41, 5.74) is -1.25. The Balaban J connectivity index is 1.91. The summed E-state index contributed by atoms with van der Waals surface area (Å²) in [7, 11) is 1.42. The van der Waals surface area contributed by atoms with Crippen molar-refractivity contribution in [2.45, 2.75) is 31.8 Å². The number of methoxy groups -OCH3 is 1. The first-order chi connectivity index (χ1) is 15.6. The van der Waals surface area contributed by atoms with Gasteiger partial charge >= 0.3 is 5.97 Å². The van der Waals surface area contributed by atoms with E-state index in [1.54, 1.807) is 24.3 Å². The number of aromatic hydroxyl groups is 2. The molecule has 2 amide bonds. The minimum Gasteiger partial charge on any atom is -0.508 e. The molecule has 174 valence electrons. The number of rotatable bonds is 6. The average molecular weight is 454 g/mol. The molecule has 0 bridgehead atoms. The summed E-state index contributed by atoms with van der Waals surface area (Å²) in [6.07, 6.45) is 0.0949. The highest BCUT2D eigenvalue weighted by Gasteiger charge is 2.69. The smallest absolute Gasteiger partial charge is 0.324 e. The van der Waals surface area contributed by atoms with E-state index in [1.807, 2.05) is 13.8 Å². The first-order valence-corrected chi connectivity index (χ1v) is 10.7. The van der Waals surface area contributed by atoms with Gasteiger partial charge in [0.05, 0.1) is 24.6 Å². The molecule has 0 unspecified atom stereocenters. The van der Waals surface area contributed by atoms with Crippen LogP contribution < -0.4 is 15.0 Å². The quantitative estimate of drug-likeness (QED) is 0.489. The van der Waals surface area contributed by atoms with Crippen molar-refractivity contribution in [1.82, 2.24) is 5.32 Å². The molecule has 2 aromatic rings. The highest BCUT2D eigenvalue weighted by atomic mass is 16.5. The molecule has 0 saturated carbocycles. The number of carbonyl (C=O) groups excluding carboxylic acids is 2. The summed E-state index contributed by atoms with van der Waals surface area (Å²) >= 11 is 0. The van der Waals surface area contributed by atoms with Crippen LogP contribution in [0.1, 0.15) is 31.9 Å². The van der Waals surface area contributed by atoms with Gasteiger partial charge < -0.3 is 20.1 Å². The minimum absolute atomic E-state index is 0.0949. The lowest BCUT2D eigenvalue weighted by Crippen LogP contribution is -2.56. The third-order valence-corrected chi connectivity index (χ3v) is 6.44. The van der Waals surface area contributed by atoms with Crippen LogP contribution in [0.4, 0.5) is 5.69 Å². The monoisotopic (exact) mass is 454 g/mol. The van der Waals surface area contributed by atoms with Crippen LogP contribution in [0.25, 0.3) is 0 Å². The molecule has 33 heavy (non-hydrogen) atoms. The molecule has 4 atom stereocenters. The molecule has 0 radical (unpaired) electrons. The van der Waals surface area contributed by atoms with Crippen LogP contribution in [-0.4, -0.2) is 45.8 Å². The number of ether oxygens (including phenoxy) is 1. The van der Waals surface area contributed by atoms with Crippen LogP contribution in [0.5, 0.6) is 17.2 Å². The average Bonchev–Trinajstić information content (AvgIpc) is 3.22. The minimum atomic E-state index is -1.72. The van der Waals surface area contributed by atoms with Gasteiger partial charge in [0, 0.05) is 17.7 Å². The van der Waals surface area contributed by atoms with Gasteiger partial charge in [0.25, 0.3) is 0 Å². The summed E-state index contributed by atoms with van der Waals surface area (Å²) in [5.74, 6) is -5.01. The number of carboxylic acid groups (broad SMARTS) is 1. The lowest BCUT2D eigenvalue weighted by molar-refractivity contribution is -0.149. The maximum absolute atomic E-state index is 13.7. The molecule has 9 heteroatoms. The van der Waals surface area contributed by atoms with E-state index < -0.39 is 41.2 Å². The number of phenols is 2. The molecular weight excluding hydrogens is 428 g/mol. The predicted octanol–water partition coefficient (Wildman–Crippen LogP) is 2.43. The van der Waals surface area contributed by atoms with Gasteiger partial charge in [-0.15, -0.1) is 0 Å². The molecule has 2 aromatic carbocycles. The topological polar surface area (TPSA) is 136 Å². The number of amides is 2. The highest BCUT2D eigenvalue weighted by molar-refractivity contribution is 6.24. The Kier molecular flexibility index (Phi) is 5.53. The fraction of sp³-hybridized carbons (Fsp3) is 0.375. The summed E-state index contributed by atoms with van der Waals surface area (Å²) in [6, 6.07) is 9.48. The number of imide groups is 1. The second-order valence-corrected chi connectivity index (χ2v) is 8.93. The molecule has 2 saturated heterocycles. The van der Waals surface area contributed by atoms with E-state index in [1.165, 1.54) is 19.2 Å². The first kappa shape index (κ1) is 22.6. The van der Waals surface area contributed by atoms with Gasteiger partial charge in [-0.2, -0.15) is 0 Å². The molecule has 0 aliphatic carbocycles. The Bertz CT molecular complexity index is 1130. The predicted molar refractivity (Wildman–Crippen MR) is 118 cm³/mol. The molecule has 9 nitrogen and oxygen atoms in total. The molecular formula is C24H26N2O7. The number of carboxylic acids is 1. The van der Waals surface area contributed by atoms with Crippen LogP contribution in [0, 0.1) is 17.8 Å². The van der Waals surface area contributed by atoms with E-state index in [0.29, 0.717) is 5.75 Å². The number of fused-ring (bicyclic) bond motifs is 1. The molecule has 2 aliphatic heterocycles. The second-order valence-electron chi connectivity index (χ2n) is 8.93. The molecule has 2 aliphatic rings. The van der Waals surface area contributed by atoms with Crippen molar-refractivity contribution in [2.24, 2.45) is 17.8 Å². The van der Waals surface area contributed by atoms with Gasteiger partial charge in [-0.05, 0) is 30.5 Å². The third kappa shape index (κ3) is 3.39. The standard InChI is InChI=1S/C24H26N2O7/c1-12(2)11-24(23(31)32)19-18(20(25-24)14-9-8-13(27)10-16(14)28)21(29)26(22(19)30)15-6-4-5-7-17(15)33-3/h4-10,12,18-20,25,27-28H,11H2,1-3H3,(H,31,32)/t18-,19+,20-,24-/m0/s1. The molecule has 0 spiro atoms. The molecule has 4 N–H and O–H groups in total. The van der Waals surface area contributed by atoms with Gasteiger partial charge in [-0.1, -0.05) is 32.0 Å². The van der Waals surface area contributed by atoms with Crippen LogP contribution in [-0.2, 0) is 14.4 Å². The van der Waals surface area contributed by atoms with Crippen molar-refractivity contribution in [1.29, 1.82) is 0 Å². The Labute approximate surface area is 190 Å². The fourth-order valence-electron chi connectivity index (χ4n) is 5.23. The number of hydrogen-bond donors (Lipinski definition) is 4. The summed E-state index contributed by atoms with van der Waals surface area (Å²) in [5, 5.41) is 33.6.